The number of hydrogen-bond acceptors (Lipinski definition) is 12. The van der Waals surface area contributed by atoms with Gasteiger partial charge in [0.05, 0.1) is 42.7 Å². The summed E-state index contributed by atoms with van der Waals surface area (Å²) >= 11 is 5.36. The third-order valence-electron chi connectivity index (χ3n) is 11.5. The highest BCUT2D eigenvalue weighted by Gasteiger charge is 2.26. The smallest absolute Gasteiger partial charge is 0.119 e. The molecule has 9 nitrogen and oxygen atoms in total. The molecule has 0 radical (unpaired) electrons. The number of ether oxygens (including phenoxy) is 6. The molecule has 10 aromatic rings. The minimum absolute atomic E-state index is 0.793. The maximum absolute atomic E-state index is 5.59. The summed E-state index contributed by atoms with van der Waals surface area (Å²) in [7, 11) is 10.2. The molecule has 66 heavy (non-hydrogen) atoms. The average molecular weight is 928 g/mol. The molecule has 0 aliphatic carbocycles. The molecule has 0 N–H and O–H groups in total. The van der Waals surface area contributed by atoms with Crippen molar-refractivity contribution in [3.05, 3.63) is 164 Å². The minimum atomic E-state index is 0.793. The van der Waals surface area contributed by atoms with Crippen molar-refractivity contribution in [1.82, 2.24) is 0 Å². The first-order valence-electron chi connectivity index (χ1n) is 21.1. The number of hydrogen-bond donors (Lipinski definition) is 0. The van der Waals surface area contributed by atoms with Gasteiger partial charge in [0.15, 0.2) is 0 Å². The zero-order valence-corrected chi connectivity index (χ0v) is 39.6. The van der Waals surface area contributed by atoms with Gasteiger partial charge in [-0.15, -0.1) is 34.0 Å². The van der Waals surface area contributed by atoms with Gasteiger partial charge in [0, 0.05) is 64.4 Å². The van der Waals surface area contributed by atoms with Crippen molar-refractivity contribution in [2.24, 2.45) is 0 Å². The molecule has 0 unspecified atom stereocenters. The minimum Gasteiger partial charge on any atom is -0.497 e. The van der Waals surface area contributed by atoms with Crippen molar-refractivity contribution in [1.29, 1.82) is 0 Å². The van der Waals surface area contributed by atoms with Crippen molar-refractivity contribution < 1.29 is 28.4 Å². The number of rotatable bonds is 15. The molecule has 10 rings (SSSR count). The van der Waals surface area contributed by atoms with Gasteiger partial charge in [0.2, 0.25) is 0 Å². The van der Waals surface area contributed by atoms with E-state index in [0.717, 1.165) is 83.6 Å². The topological polar surface area (TPSA) is 65.1 Å². The Hall–Kier alpha value is -7.38. The molecule has 330 valence electrons. The van der Waals surface area contributed by atoms with E-state index in [1.165, 1.54) is 30.3 Å². The molecule has 0 spiro atoms. The largest absolute Gasteiger partial charge is 0.497 e. The van der Waals surface area contributed by atoms with E-state index < -0.39 is 0 Å². The Labute approximate surface area is 395 Å². The number of fused-ring (bicyclic) bond motifs is 6. The molecule has 3 heterocycles. The van der Waals surface area contributed by atoms with E-state index in [4.69, 9.17) is 28.4 Å². The second kappa shape index (κ2) is 18.2. The number of thiophene rings is 3. The summed E-state index contributed by atoms with van der Waals surface area (Å²) in [6.07, 6.45) is 0. The molecule has 0 atom stereocenters. The lowest BCUT2D eigenvalue weighted by molar-refractivity contribution is 0.414. The van der Waals surface area contributed by atoms with Crippen LogP contribution in [0.4, 0.5) is 49.1 Å². The molecule has 0 saturated carbocycles. The maximum Gasteiger partial charge on any atom is 0.119 e. The van der Waals surface area contributed by atoms with Crippen LogP contribution in [0, 0.1) is 0 Å². The lowest BCUT2D eigenvalue weighted by atomic mass is 10.1. The number of benzene rings is 7. The van der Waals surface area contributed by atoms with Crippen LogP contribution < -0.4 is 43.1 Å². The quantitative estimate of drug-likeness (QED) is 0.1000. The first-order valence-corrected chi connectivity index (χ1v) is 23.5. The van der Waals surface area contributed by atoms with Crippen LogP contribution in [0.5, 0.6) is 34.5 Å². The normalized spacial score (nSPS) is 11.2. The average Bonchev–Trinajstić information content (AvgIpc) is 4.14. The summed E-state index contributed by atoms with van der Waals surface area (Å²) in [6.45, 7) is 0. The van der Waals surface area contributed by atoms with E-state index in [-0.39, 0.29) is 0 Å². The fourth-order valence-corrected chi connectivity index (χ4v) is 12.1. The van der Waals surface area contributed by atoms with E-state index in [9.17, 15) is 0 Å². The highest BCUT2D eigenvalue weighted by atomic mass is 32.1. The van der Waals surface area contributed by atoms with Crippen molar-refractivity contribution in [3.8, 4) is 34.5 Å². The van der Waals surface area contributed by atoms with Crippen molar-refractivity contribution in [2.45, 2.75) is 0 Å². The van der Waals surface area contributed by atoms with Gasteiger partial charge in [-0.25, -0.2) is 0 Å². The Kier molecular flexibility index (Phi) is 11.8. The Morgan fingerprint density at radius 3 is 0.576 bits per heavy atom. The highest BCUT2D eigenvalue weighted by Crippen LogP contribution is 2.55. The predicted molar refractivity (Wildman–Crippen MR) is 276 cm³/mol. The van der Waals surface area contributed by atoms with Crippen molar-refractivity contribution in [2.75, 3.05) is 57.4 Å². The molecule has 0 fully saturated rings. The summed E-state index contributed by atoms with van der Waals surface area (Å²) in [6, 6.07) is 56.4. The van der Waals surface area contributed by atoms with E-state index >= 15 is 0 Å². The van der Waals surface area contributed by atoms with Crippen LogP contribution in [-0.2, 0) is 0 Å². The van der Waals surface area contributed by atoms with Crippen LogP contribution in [0.15, 0.2) is 164 Å². The van der Waals surface area contributed by atoms with Gasteiger partial charge in [0.1, 0.15) is 49.5 Å². The lowest BCUT2D eigenvalue weighted by Crippen LogP contribution is -2.08. The summed E-state index contributed by atoms with van der Waals surface area (Å²) in [5.41, 5.74) is 6.05. The number of nitrogens with zero attached hydrogens (tertiary/aromatic N) is 3. The van der Waals surface area contributed by atoms with Gasteiger partial charge in [-0.05, 0) is 164 Å². The Morgan fingerprint density at radius 2 is 0.424 bits per heavy atom. The fourth-order valence-electron chi connectivity index (χ4n) is 8.17. The van der Waals surface area contributed by atoms with Crippen LogP contribution in [-0.4, -0.2) is 42.7 Å². The lowest BCUT2D eigenvalue weighted by Gasteiger charge is -2.24. The fraction of sp³-hybridized carbons (Fsp3) is 0.111. The molecule has 0 aliphatic heterocycles. The van der Waals surface area contributed by atoms with Gasteiger partial charge >= 0.3 is 0 Å². The number of anilines is 9. The van der Waals surface area contributed by atoms with E-state index in [1.54, 1.807) is 76.7 Å². The molecule has 0 bridgehead atoms. The van der Waals surface area contributed by atoms with Crippen LogP contribution >= 0.6 is 34.0 Å². The van der Waals surface area contributed by atoms with Crippen LogP contribution in [0.1, 0.15) is 0 Å². The molecule has 0 amide bonds. The van der Waals surface area contributed by atoms with Gasteiger partial charge in [-0.3, -0.25) is 0 Å². The Morgan fingerprint density at radius 1 is 0.258 bits per heavy atom. The van der Waals surface area contributed by atoms with Gasteiger partial charge < -0.3 is 43.1 Å². The monoisotopic (exact) mass is 927 g/mol. The predicted octanol–water partition coefficient (Wildman–Crippen LogP) is 15.8. The maximum atomic E-state index is 5.59. The SMILES string of the molecule is COc1ccc(N(c2ccc(OC)cc2)c2cc3c(s2)c2cc(N(c4ccc(OC)cc4)c4ccc(OC)cc4)sc2c2cc(N(c4ccc(OC)cc4)c4ccc(OC)cc4)sc32)cc1. The number of methoxy groups -OCH3 is 6. The van der Waals surface area contributed by atoms with Crippen LogP contribution in [0.3, 0.4) is 0 Å². The molecular weight excluding hydrogens is 883 g/mol. The van der Waals surface area contributed by atoms with Gasteiger partial charge in [-0.1, -0.05) is 0 Å². The Balaban J connectivity index is 1.24. The molecule has 7 aromatic carbocycles. The summed E-state index contributed by atoms with van der Waals surface area (Å²) in [5, 5.41) is 6.74. The summed E-state index contributed by atoms with van der Waals surface area (Å²) in [5.74, 6) is 4.76. The van der Waals surface area contributed by atoms with Gasteiger partial charge in [0.25, 0.3) is 0 Å². The third-order valence-corrected chi connectivity index (χ3v) is 15.0. The van der Waals surface area contributed by atoms with Crippen molar-refractivity contribution in [3.63, 3.8) is 0 Å². The second-order valence-electron chi connectivity index (χ2n) is 15.2. The standard InChI is InChI=1S/C54H45N3O6S3/c1-58-40-19-7-34(8-20-40)55(35-9-21-41(59-2)22-10-35)49-31-46-52(64-49)47-32-50(56(36-11-23-42(60-3)24-12-36)37-13-25-43(61-4)26-14-37)66-54(47)48-33-51(65-53(46)48)57(38-15-27-44(62-5)28-16-38)39-17-29-45(63-6)30-18-39/h7-33H,1-6H3. The van der Waals surface area contributed by atoms with E-state index in [1.807, 2.05) is 72.8 Å². The molecule has 0 aliphatic rings. The van der Waals surface area contributed by atoms with E-state index in [0.29, 0.717) is 0 Å². The van der Waals surface area contributed by atoms with E-state index in [2.05, 4.69) is 106 Å². The Bertz CT molecular complexity index is 2670. The van der Waals surface area contributed by atoms with Crippen LogP contribution in [0.2, 0.25) is 0 Å². The molecule has 12 heteroatoms. The van der Waals surface area contributed by atoms with Crippen molar-refractivity contribution >= 4 is 113 Å². The second-order valence-corrected chi connectivity index (χ2v) is 18.3. The highest BCUT2D eigenvalue weighted by molar-refractivity contribution is 7.30. The molecular formula is C54H45N3O6S3. The summed E-state index contributed by atoms with van der Waals surface area (Å²) < 4.78 is 37.1. The molecule has 0 saturated heterocycles. The molecule has 3 aromatic heterocycles. The zero-order chi connectivity index (χ0) is 45.3. The first kappa shape index (κ1) is 42.6. The summed E-state index contributed by atoms with van der Waals surface area (Å²) in [4.78, 5) is 6.93. The third kappa shape index (κ3) is 7.93. The van der Waals surface area contributed by atoms with Gasteiger partial charge in [-0.2, -0.15) is 0 Å². The van der Waals surface area contributed by atoms with Crippen LogP contribution in [0.25, 0.3) is 30.3 Å². The zero-order valence-electron chi connectivity index (χ0n) is 37.1. The first-order chi connectivity index (χ1) is 32.4.